The molecule has 2 amide bonds. The second kappa shape index (κ2) is 8.22. The van der Waals surface area contributed by atoms with Crippen molar-refractivity contribution in [3.8, 4) is 11.1 Å². The van der Waals surface area contributed by atoms with Crippen molar-refractivity contribution in [2.24, 2.45) is 0 Å². The van der Waals surface area contributed by atoms with Crippen LogP contribution >= 0.6 is 0 Å². The number of hydrogen-bond donors (Lipinski definition) is 1. The van der Waals surface area contributed by atoms with Crippen molar-refractivity contribution in [2.75, 3.05) is 33.8 Å². The maximum Gasteiger partial charge on any atom is 0.336 e. The van der Waals surface area contributed by atoms with E-state index in [-0.39, 0.29) is 30.1 Å². The summed E-state index contributed by atoms with van der Waals surface area (Å²) in [5.74, 6) is -1.35. The van der Waals surface area contributed by atoms with Gasteiger partial charge in [0.25, 0.3) is 5.91 Å². The van der Waals surface area contributed by atoms with Gasteiger partial charge < -0.3 is 19.6 Å². The molecule has 0 saturated carbocycles. The molecular formula is C21H22N2O5. The molecule has 0 aromatic heterocycles. The first-order chi connectivity index (χ1) is 13.4. The van der Waals surface area contributed by atoms with Crippen LogP contribution in [0.3, 0.4) is 0 Å². The lowest BCUT2D eigenvalue weighted by atomic mass is 9.94. The van der Waals surface area contributed by atoms with E-state index in [0.29, 0.717) is 29.8 Å². The zero-order chi connectivity index (χ0) is 20.3. The monoisotopic (exact) mass is 382 g/mol. The van der Waals surface area contributed by atoms with Gasteiger partial charge in [0.1, 0.15) is 6.61 Å². The van der Waals surface area contributed by atoms with E-state index in [4.69, 9.17) is 4.74 Å². The maximum atomic E-state index is 12.9. The zero-order valence-corrected chi connectivity index (χ0v) is 15.8. The molecule has 3 rings (SSSR count). The van der Waals surface area contributed by atoms with E-state index >= 15 is 0 Å². The molecule has 1 heterocycles. The van der Waals surface area contributed by atoms with Crippen LogP contribution in [0, 0.1) is 0 Å². The van der Waals surface area contributed by atoms with E-state index in [1.165, 1.54) is 11.0 Å². The van der Waals surface area contributed by atoms with Gasteiger partial charge in [-0.1, -0.05) is 36.4 Å². The minimum atomic E-state index is -1.04. The molecule has 146 valence electrons. The number of ether oxygens (including phenoxy) is 1. The molecule has 2 aromatic carbocycles. The number of likely N-dealkylation sites (N-methyl/N-ethyl adjacent to an activating group) is 1. The topological polar surface area (TPSA) is 87.2 Å². The average molecular weight is 382 g/mol. The lowest BCUT2D eigenvalue weighted by molar-refractivity contribution is -0.138. The van der Waals surface area contributed by atoms with Crippen LogP contribution in [-0.2, 0) is 9.53 Å². The minimum Gasteiger partial charge on any atom is -0.478 e. The van der Waals surface area contributed by atoms with Crippen molar-refractivity contribution >= 4 is 17.8 Å². The van der Waals surface area contributed by atoms with Gasteiger partial charge in [-0.3, -0.25) is 9.59 Å². The number of likely N-dealkylation sites (tertiary alicyclic amines) is 1. The Bertz CT molecular complexity index is 903. The van der Waals surface area contributed by atoms with Gasteiger partial charge in [0, 0.05) is 32.7 Å². The summed E-state index contributed by atoms with van der Waals surface area (Å²) in [6, 6.07) is 13.6. The highest BCUT2D eigenvalue weighted by Crippen LogP contribution is 2.29. The van der Waals surface area contributed by atoms with Gasteiger partial charge in [0.2, 0.25) is 5.91 Å². The first-order valence-electron chi connectivity index (χ1n) is 8.91. The molecule has 0 radical (unpaired) electrons. The second-order valence-electron chi connectivity index (χ2n) is 6.83. The van der Waals surface area contributed by atoms with E-state index in [9.17, 15) is 19.5 Å². The summed E-state index contributed by atoms with van der Waals surface area (Å²) in [6.45, 7) is 0.783. The van der Waals surface area contributed by atoms with Crippen LogP contribution in [0.15, 0.2) is 48.5 Å². The number of carbonyl (C=O) groups excluding carboxylic acids is 2. The van der Waals surface area contributed by atoms with Crippen LogP contribution in [0.1, 0.15) is 20.7 Å². The van der Waals surface area contributed by atoms with Gasteiger partial charge in [0.15, 0.2) is 0 Å². The molecule has 0 aliphatic carbocycles. The summed E-state index contributed by atoms with van der Waals surface area (Å²) < 4.78 is 5.52. The highest BCUT2D eigenvalue weighted by Gasteiger charge is 2.33. The first-order valence-corrected chi connectivity index (χ1v) is 8.91. The molecule has 7 heteroatoms. The van der Waals surface area contributed by atoms with Gasteiger partial charge in [-0.2, -0.15) is 0 Å². The Labute approximate surface area is 163 Å². The third kappa shape index (κ3) is 4.04. The molecule has 1 N–H and O–H groups in total. The number of carboxylic acid groups (broad SMARTS) is 1. The standard InChI is InChI=1S/C21H22N2O5/c1-22(2)19(24)13-28-14-11-23(12-14)20(25)17-9-5-3-7-15(17)16-8-4-6-10-18(16)21(26)27/h3-10,14H,11-13H2,1-2H3,(H,26,27). The summed E-state index contributed by atoms with van der Waals surface area (Å²) in [4.78, 5) is 39.2. The zero-order valence-electron chi connectivity index (χ0n) is 15.8. The third-order valence-electron chi connectivity index (χ3n) is 4.68. The number of carbonyl (C=O) groups is 3. The molecule has 0 bridgehead atoms. The Kier molecular flexibility index (Phi) is 5.75. The van der Waals surface area contributed by atoms with Crippen LogP contribution in [0.2, 0.25) is 0 Å². The van der Waals surface area contributed by atoms with Crippen LogP contribution in [0.5, 0.6) is 0 Å². The van der Waals surface area contributed by atoms with Gasteiger partial charge in [-0.25, -0.2) is 4.79 Å². The Morgan fingerprint density at radius 2 is 1.54 bits per heavy atom. The summed E-state index contributed by atoms with van der Waals surface area (Å²) in [6.07, 6.45) is -0.175. The molecule has 1 fully saturated rings. The summed E-state index contributed by atoms with van der Waals surface area (Å²) in [5.41, 5.74) is 1.68. The van der Waals surface area contributed by atoms with Gasteiger partial charge in [-0.05, 0) is 23.3 Å². The molecule has 2 aromatic rings. The molecular weight excluding hydrogens is 360 g/mol. The number of carboxylic acids is 1. The minimum absolute atomic E-state index is 0.0116. The Hall–Kier alpha value is -3.19. The average Bonchev–Trinajstić information content (AvgIpc) is 2.66. The normalized spacial score (nSPS) is 13.7. The van der Waals surface area contributed by atoms with E-state index in [2.05, 4.69) is 0 Å². The van der Waals surface area contributed by atoms with Crippen molar-refractivity contribution in [3.63, 3.8) is 0 Å². The highest BCUT2D eigenvalue weighted by molar-refractivity contribution is 6.04. The molecule has 7 nitrogen and oxygen atoms in total. The van der Waals surface area contributed by atoms with E-state index in [1.54, 1.807) is 61.5 Å². The molecule has 1 aliphatic heterocycles. The van der Waals surface area contributed by atoms with Crippen molar-refractivity contribution in [3.05, 3.63) is 59.7 Å². The molecule has 1 aliphatic rings. The van der Waals surface area contributed by atoms with Crippen LogP contribution < -0.4 is 0 Å². The number of amides is 2. The van der Waals surface area contributed by atoms with Crippen molar-refractivity contribution in [1.82, 2.24) is 9.80 Å². The van der Waals surface area contributed by atoms with Gasteiger partial charge in [-0.15, -0.1) is 0 Å². The van der Waals surface area contributed by atoms with Crippen molar-refractivity contribution in [1.29, 1.82) is 0 Å². The predicted molar refractivity (Wildman–Crippen MR) is 103 cm³/mol. The predicted octanol–water partition coefficient (Wildman–Crippen LogP) is 1.98. The fourth-order valence-electron chi connectivity index (χ4n) is 3.01. The SMILES string of the molecule is CN(C)C(=O)COC1CN(C(=O)c2ccccc2-c2ccccc2C(=O)O)C1. The first kappa shape index (κ1) is 19.6. The summed E-state index contributed by atoms with van der Waals surface area (Å²) in [5, 5.41) is 9.46. The highest BCUT2D eigenvalue weighted by atomic mass is 16.5. The largest absolute Gasteiger partial charge is 0.478 e. The number of nitrogens with zero attached hydrogens (tertiary/aromatic N) is 2. The van der Waals surface area contributed by atoms with Crippen molar-refractivity contribution < 1.29 is 24.2 Å². The van der Waals surface area contributed by atoms with Gasteiger partial charge in [0.05, 0.1) is 11.7 Å². The van der Waals surface area contributed by atoms with Crippen LogP contribution in [-0.4, -0.2) is 72.6 Å². The molecule has 1 saturated heterocycles. The summed E-state index contributed by atoms with van der Waals surface area (Å²) >= 11 is 0. The Morgan fingerprint density at radius 1 is 1.00 bits per heavy atom. The number of rotatable bonds is 6. The smallest absolute Gasteiger partial charge is 0.336 e. The fraction of sp³-hybridized carbons (Fsp3) is 0.286. The van der Waals surface area contributed by atoms with E-state index < -0.39 is 5.97 Å². The van der Waals surface area contributed by atoms with Gasteiger partial charge >= 0.3 is 5.97 Å². The van der Waals surface area contributed by atoms with E-state index in [0.717, 1.165) is 0 Å². The molecule has 0 unspecified atom stereocenters. The molecule has 0 atom stereocenters. The lowest BCUT2D eigenvalue weighted by Crippen LogP contribution is -2.55. The fourth-order valence-corrected chi connectivity index (χ4v) is 3.01. The molecule has 0 spiro atoms. The molecule has 28 heavy (non-hydrogen) atoms. The third-order valence-corrected chi connectivity index (χ3v) is 4.68. The number of aromatic carboxylic acids is 1. The Balaban J connectivity index is 1.74. The quantitative estimate of drug-likeness (QED) is 0.826. The summed E-state index contributed by atoms with van der Waals surface area (Å²) in [7, 11) is 3.32. The number of hydrogen-bond acceptors (Lipinski definition) is 4. The van der Waals surface area contributed by atoms with Crippen LogP contribution in [0.25, 0.3) is 11.1 Å². The van der Waals surface area contributed by atoms with Crippen molar-refractivity contribution in [2.45, 2.75) is 6.10 Å². The maximum absolute atomic E-state index is 12.9. The number of benzene rings is 2. The second-order valence-corrected chi connectivity index (χ2v) is 6.83. The lowest BCUT2D eigenvalue weighted by Gasteiger charge is -2.39. The van der Waals surface area contributed by atoms with E-state index in [1.807, 2.05) is 0 Å². The Morgan fingerprint density at radius 3 is 2.11 bits per heavy atom. The van der Waals surface area contributed by atoms with Crippen LogP contribution in [0.4, 0.5) is 0 Å².